The summed E-state index contributed by atoms with van der Waals surface area (Å²) in [6, 6.07) is 4.51. The molecule has 3 N–H and O–H groups in total. The lowest BCUT2D eigenvalue weighted by molar-refractivity contribution is 0.530. The maximum Gasteiger partial charge on any atom is 0.110 e. The molecule has 0 aliphatic carbocycles. The van der Waals surface area contributed by atoms with Gasteiger partial charge in [-0.05, 0) is 24.4 Å². The number of hydrogen-bond acceptors (Lipinski definition) is 5. The molecule has 3 aromatic rings. The van der Waals surface area contributed by atoms with E-state index in [0.717, 1.165) is 18.8 Å². The molecule has 0 aromatic carbocycles. The van der Waals surface area contributed by atoms with E-state index < -0.39 is 0 Å². The fourth-order valence-corrected chi connectivity index (χ4v) is 4.38. The first kappa shape index (κ1) is 12.8. The molecule has 3 aromatic heterocycles. The highest BCUT2D eigenvalue weighted by atomic mass is 32.1. The number of hydrogen-bond donors (Lipinski definition) is 2. The van der Waals surface area contributed by atoms with Crippen molar-refractivity contribution in [3.05, 3.63) is 40.6 Å². The Bertz CT molecular complexity index is 638. The zero-order valence-corrected chi connectivity index (χ0v) is 12.3. The monoisotopic (exact) mass is 292 g/mol. The number of hydrazine groups is 1. The standard InChI is InChI=1S/C13H16N4S2/c1-2-17-5-4-15-13(17)7-9(16-14)11-8-12-10(19-11)3-6-18-12/h3-6,8-9,16H,2,7,14H2,1H3. The third-order valence-electron chi connectivity index (χ3n) is 3.23. The summed E-state index contributed by atoms with van der Waals surface area (Å²) < 4.78 is 4.82. The van der Waals surface area contributed by atoms with Crippen LogP contribution in [0.1, 0.15) is 23.7 Å². The number of rotatable bonds is 5. The normalized spacial score (nSPS) is 13.2. The molecule has 0 aliphatic rings. The summed E-state index contributed by atoms with van der Waals surface area (Å²) in [4.78, 5) is 5.69. The summed E-state index contributed by atoms with van der Waals surface area (Å²) in [7, 11) is 0. The van der Waals surface area contributed by atoms with E-state index in [1.807, 2.05) is 12.4 Å². The van der Waals surface area contributed by atoms with Crippen LogP contribution >= 0.6 is 22.7 Å². The molecule has 100 valence electrons. The van der Waals surface area contributed by atoms with Crippen LogP contribution in [0.4, 0.5) is 0 Å². The molecule has 0 saturated carbocycles. The van der Waals surface area contributed by atoms with Crippen LogP contribution in [-0.2, 0) is 13.0 Å². The first-order valence-electron chi connectivity index (χ1n) is 6.25. The molecule has 3 rings (SSSR count). The van der Waals surface area contributed by atoms with E-state index in [1.165, 1.54) is 14.3 Å². The topological polar surface area (TPSA) is 55.9 Å². The van der Waals surface area contributed by atoms with Crippen molar-refractivity contribution in [2.45, 2.75) is 25.9 Å². The van der Waals surface area contributed by atoms with Crippen molar-refractivity contribution in [3.8, 4) is 0 Å². The zero-order valence-electron chi connectivity index (χ0n) is 10.7. The Morgan fingerprint density at radius 2 is 2.37 bits per heavy atom. The number of fused-ring (bicyclic) bond motifs is 1. The highest BCUT2D eigenvalue weighted by molar-refractivity contribution is 7.26. The van der Waals surface area contributed by atoms with E-state index in [4.69, 9.17) is 5.84 Å². The average Bonchev–Trinajstić information content (AvgIpc) is 3.10. The van der Waals surface area contributed by atoms with Gasteiger partial charge in [-0.3, -0.25) is 11.3 Å². The summed E-state index contributed by atoms with van der Waals surface area (Å²) in [5.41, 5.74) is 2.92. The van der Waals surface area contributed by atoms with Crippen molar-refractivity contribution in [3.63, 3.8) is 0 Å². The molecule has 4 nitrogen and oxygen atoms in total. The number of nitrogens with two attached hydrogens (primary N) is 1. The molecule has 0 aliphatic heterocycles. The van der Waals surface area contributed by atoms with Gasteiger partial charge in [0.05, 0.1) is 6.04 Å². The predicted octanol–water partition coefficient (Wildman–Crippen LogP) is 2.93. The van der Waals surface area contributed by atoms with Gasteiger partial charge in [0.1, 0.15) is 5.82 Å². The quantitative estimate of drug-likeness (QED) is 0.561. The first-order chi connectivity index (χ1) is 9.31. The highest BCUT2D eigenvalue weighted by Gasteiger charge is 2.16. The van der Waals surface area contributed by atoms with Gasteiger partial charge in [0.25, 0.3) is 0 Å². The Hall–Kier alpha value is -1.21. The van der Waals surface area contributed by atoms with E-state index in [9.17, 15) is 0 Å². The lowest BCUT2D eigenvalue weighted by Crippen LogP contribution is -2.29. The lowest BCUT2D eigenvalue weighted by Gasteiger charge is -2.14. The van der Waals surface area contributed by atoms with E-state index >= 15 is 0 Å². The third kappa shape index (κ3) is 2.44. The highest BCUT2D eigenvalue weighted by Crippen LogP contribution is 2.34. The predicted molar refractivity (Wildman–Crippen MR) is 81.4 cm³/mol. The van der Waals surface area contributed by atoms with Gasteiger partial charge in [-0.15, -0.1) is 22.7 Å². The van der Waals surface area contributed by atoms with Gasteiger partial charge in [-0.25, -0.2) is 4.98 Å². The largest absolute Gasteiger partial charge is 0.335 e. The molecule has 0 fully saturated rings. The Balaban J connectivity index is 1.86. The summed E-state index contributed by atoms with van der Waals surface area (Å²) in [6.45, 7) is 3.06. The molecule has 1 unspecified atom stereocenters. The Labute approximate surface area is 119 Å². The van der Waals surface area contributed by atoms with Crippen LogP contribution in [0.5, 0.6) is 0 Å². The van der Waals surface area contributed by atoms with Crippen LogP contribution in [0.15, 0.2) is 29.9 Å². The SMILES string of the molecule is CCn1ccnc1CC(NN)c1cc2sccc2s1. The van der Waals surface area contributed by atoms with Crippen LogP contribution in [0.3, 0.4) is 0 Å². The summed E-state index contributed by atoms with van der Waals surface area (Å²) in [5, 5.41) is 2.12. The van der Waals surface area contributed by atoms with Crippen molar-refractivity contribution in [2.75, 3.05) is 0 Å². The molecule has 0 amide bonds. The molecule has 0 bridgehead atoms. The maximum absolute atomic E-state index is 5.73. The van der Waals surface area contributed by atoms with E-state index in [0.29, 0.717) is 0 Å². The average molecular weight is 292 g/mol. The van der Waals surface area contributed by atoms with Gasteiger partial charge in [-0.2, -0.15) is 0 Å². The van der Waals surface area contributed by atoms with Crippen molar-refractivity contribution in [1.29, 1.82) is 0 Å². The summed E-state index contributed by atoms with van der Waals surface area (Å²) >= 11 is 3.58. The maximum atomic E-state index is 5.73. The van der Waals surface area contributed by atoms with Crippen molar-refractivity contribution < 1.29 is 0 Å². The van der Waals surface area contributed by atoms with Gasteiger partial charge in [0, 0.05) is 39.6 Å². The van der Waals surface area contributed by atoms with E-state index in [-0.39, 0.29) is 6.04 Å². The Kier molecular flexibility index (Phi) is 3.65. The molecule has 6 heteroatoms. The minimum atomic E-state index is 0.122. The fraction of sp³-hybridized carbons (Fsp3) is 0.308. The zero-order chi connectivity index (χ0) is 13.2. The molecule has 0 radical (unpaired) electrons. The molecule has 0 spiro atoms. The minimum absolute atomic E-state index is 0.122. The van der Waals surface area contributed by atoms with Gasteiger partial charge in [-0.1, -0.05) is 0 Å². The second-order valence-electron chi connectivity index (χ2n) is 4.35. The van der Waals surface area contributed by atoms with E-state index in [1.54, 1.807) is 22.7 Å². The van der Waals surface area contributed by atoms with Gasteiger partial charge >= 0.3 is 0 Å². The first-order valence-corrected chi connectivity index (χ1v) is 7.94. The van der Waals surface area contributed by atoms with Crippen molar-refractivity contribution >= 4 is 32.1 Å². The van der Waals surface area contributed by atoms with Crippen LogP contribution in [0, 0.1) is 0 Å². The van der Waals surface area contributed by atoms with Crippen LogP contribution < -0.4 is 11.3 Å². The second kappa shape index (κ2) is 5.42. The molecule has 3 heterocycles. The summed E-state index contributed by atoms with van der Waals surface area (Å²) in [5.74, 6) is 6.80. The van der Waals surface area contributed by atoms with Crippen molar-refractivity contribution in [1.82, 2.24) is 15.0 Å². The second-order valence-corrected chi connectivity index (χ2v) is 6.41. The van der Waals surface area contributed by atoms with E-state index in [2.05, 4.69) is 39.4 Å². The minimum Gasteiger partial charge on any atom is -0.335 e. The Morgan fingerprint density at radius 3 is 3.11 bits per heavy atom. The van der Waals surface area contributed by atoms with Gasteiger partial charge < -0.3 is 4.57 Å². The molecule has 19 heavy (non-hydrogen) atoms. The number of aryl methyl sites for hydroxylation is 1. The smallest absolute Gasteiger partial charge is 0.110 e. The molecular weight excluding hydrogens is 276 g/mol. The number of aromatic nitrogens is 2. The molecule has 1 atom stereocenters. The fourth-order valence-electron chi connectivity index (χ4n) is 2.20. The lowest BCUT2D eigenvalue weighted by atomic mass is 10.1. The number of thiophene rings is 2. The number of imidazole rings is 1. The van der Waals surface area contributed by atoms with Crippen LogP contribution in [0.25, 0.3) is 9.40 Å². The molecular formula is C13H16N4S2. The van der Waals surface area contributed by atoms with Gasteiger partial charge in [0.2, 0.25) is 0 Å². The van der Waals surface area contributed by atoms with Crippen LogP contribution in [-0.4, -0.2) is 9.55 Å². The summed E-state index contributed by atoms with van der Waals surface area (Å²) in [6.07, 6.45) is 4.67. The molecule has 0 saturated heterocycles. The Morgan fingerprint density at radius 1 is 1.47 bits per heavy atom. The third-order valence-corrected chi connectivity index (χ3v) is 5.44. The number of nitrogens with zero attached hydrogens (tertiary/aromatic N) is 2. The number of nitrogens with one attached hydrogen (secondary N) is 1. The van der Waals surface area contributed by atoms with Crippen molar-refractivity contribution in [2.24, 2.45) is 5.84 Å². The van der Waals surface area contributed by atoms with Gasteiger partial charge in [0.15, 0.2) is 0 Å². The van der Waals surface area contributed by atoms with Crippen LogP contribution in [0.2, 0.25) is 0 Å².